The first-order chi connectivity index (χ1) is 14.3. The summed E-state index contributed by atoms with van der Waals surface area (Å²) >= 11 is 0. The molecule has 0 aliphatic heterocycles. The predicted octanol–water partition coefficient (Wildman–Crippen LogP) is 4.85. The average molecular weight is 402 g/mol. The van der Waals surface area contributed by atoms with Gasteiger partial charge >= 0.3 is 0 Å². The van der Waals surface area contributed by atoms with Crippen molar-refractivity contribution in [2.75, 3.05) is 0 Å². The third-order valence-corrected chi connectivity index (χ3v) is 4.95. The van der Waals surface area contributed by atoms with Crippen molar-refractivity contribution >= 4 is 17.9 Å². The van der Waals surface area contributed by atoms with Gasteiger partial charge in [-0.1, -0.05) is 42.0 Å². The molecule has 154 valence electrons. The summed E-state index contributed by atoms with van der Waals surface area (Å²) in [5.74, 6) is -0.259. The van der Waals surface area contributed by atoms with Crippen molar-refractivity contribution in [3.63, 3.8) is 0 Å². The van der Waals surface area contributed by atoms with Gasteiger partial charge in [-0.3, -0.25) is 9.59 Å². The van der Waals surface area contributed by atoms with Crippen molar-refractivity contribution in [1.82, 2.24) is 10.6 Å². The minimum absolute atomic E-state index is 0.120. The maximum Gasteiger partial charge on any atom is 0.268 e. The lowest BCUT2D eigenvalue weighted by Gasteiger charge is -2.19. The van der Waals surface area contributed by atoms with Crippen molar-refractivity contribution in [2.45, 2.75) is 33.7 Å². The largest absolute Gasteiger partial charge is 0.465 e. The fourth-order valence-corrected chi connectivity index (χ4v) is 3.35. The van der Waals surface area contributed by atoms with E-state index in [1.54, 1.807) is 24.3 Å². The number of nitrogens with one attached hydrogen (secondary N) is 2. The van der Waals surface area contributed by atoms with Crippen molar-refractivity contribution < 1.29 is 14.0 Å². The lowest BCUT2D eigenvalue weighted by atomic mass is 10.00. The van der Waals surface area contributed by atoms with Gasteiger partial charge < -0.3 is 15.1 Å². The summed E-state index contributed by atoms with van der Waals surface area (Å²) in [7, 11) is 0. The third kappa shape index (κ3) is 5.06. The van der Waals surface area contributed by atoms with Crippen LogP contribution < -0.4 is 10.6 Å². The molecule has 0 aliphatic rings. The van der Waals surface area contributed by atoms with E-state index in [1.165, 1.54) is 17.9 Å². The lowest BCUT2D eigenvalue weighted by molar-refractivity contribution is -0.118. The SMILES string of the molecule is Cc1ccc([C@@H](C)NC(=O)/C(=C/c2ccco2)NC(=O)c2ccccc2C)c(C)c1. The molecule has 0 aliphatic carbocycles. The number of carbonyl (C=O) groups is 2. The van der Waals surface area contributed by atoms with Crippen LogP contribution >= 0.6 is 0 Å². The molecule has 0 saturated heterocycles. The van der Waals surface area contributed by atoms with Crippen LogP contribution in [0, 0.1) is 20.8 Å². The van der Waals surface area contributed by atoms with Crippen LogP contribution in [0.2, 0.25) is 0 Å². The van der Waals surface area contributed by atoms with E-state index in [0.29, 0.717) is 11.3 Å². The Labute approximate surface area is 176 Å². The molecule has 5 heteroatoms. The lowest BCUT2D eigenvalue weighted by Crippen LogP contribution is -2.36. The van der Waals surface area contributed by atoms with Crippen LogP contribution in [0.3, 0.4) is 0 Å². The second-order valence-corrected chi connectivity index (χ2v) is 7.40. The smallest absolute Gasteiger partial charge is 0.268 e. The van der Waals surface area contributed by atoms with Crippen molar-refractivity contribution in [3.8, 4) is 0 Å². The number of benzene rings is 2. The zero-order chi connectivity index (χ0) is 21.7. The number of hydrogen-bond donors (Lipinski definition) is 2. The molecule has 1 aromatic heterocycles. The van der Waals surface area contributed by atoms with Gasteiger partial charge in [0.2, 0.25) is 0 Å². The zero-order valence-corrected chi connectivity index (χ0v) is 17.7. The van der Waals surface area contributed by atoms with Crippen LogP contribution in [-0.2, 0) is 4.79 Å². The molecule has 3 rings (SSSR count). The highest BCUT2D eigenvalue weighted by Crippen LogP contribution is 2.19. The van der Waals surface area contributed by atoms with Gasteiger partial charge in [-0.15, -0.1) is 0 Å². The van der Waals surface area contributed by atoms with Crippen molar-refractivity contribution in [1.29, 1.82) is 0 Å². The standard InChI is InChI=1S/C25H26N2O3/c1-16-11-12-21(18(3)14-16)19(4)26-25(29)23(15-20-9-7-13-30-20)27-24(28)22-10-6-5-8-17(22)2/h5-15,19H,1-4H3,(H,26,29)(H,27,28)/b23-15-/t19-/m1/s1. The summed E-state index contributed by atoms with van der Waals surface area (Å²) in [6.45, 7) is 7.83. The van der Waals surface area contributed by atoms with Crippen LogP contribution in [0.15, 0.2) is 71.0 Å². The highest BCUT2D eigenvalue weighted by Gasteiger charge is 2.19. The molecule has 0 spiro atoms. The quantitative estimate of drug-likeness (QED) is 0.579. The molecule has 0 bridgehead atoms. The Hall–Kier alpha value is -3.60. The van der Waals surface area contributed by atoms with Crippen LogP contribution in [0.1, 0.15) is 51.3 Å². The van der Waals surface area contributed by atoms with Crippen molar-refractivity contribution in [3.05, 3.63) is 100 Å². The van der Waals surface area contributed by atoms with E-state index in [1.807, 2.05) is 52.0 Å². The summed E-state index contributed by atoms with van der Waals surface area (Å²) in [6.07, 6.45) is 3.04. The van der Waals surface area contributed by atoms with E-state index in [2.05, 4.69) is 16.7 Å². The molecule has 0 radical (unpaired) electrons. The van der Waals surface area contributed by atoms with Gasteiger partial charge in [0, 0.05) is 11.6 Å². The van der Waals surface area contributed by atoms with Crippen LogP contribution in [0.4, 0.5) is 0 Å². The maximum atomic E-state index is 13.0. The number of carbonyl (C=O) groups excluding carboxylic acids is 2. The molecule has 0 fully saturated rings. The normalized spacial score (nSPS) is 12.3. The first-order valence-electron chi connectivity index (χ1n) is 9.85. The van der Waals surface area contributed by atoms with Gasteiger partial charge in [0.1, 0.15) is 11.5 Å². The number of furan rings is 1. The summed E-state index contributed by atoms with van der Waals surface area (Å²) in [5, 5.41) is 5.72. The highest BCUT2D eigenvalue weighted by atomic mass is 16.3. The van der Waals surface area contributed by atoms with Gasteiger partial charge in [0.15, 0.2) is 0 Å². The molecule has 1 heterocycles. The Morgan fingerprint density at radius 3 is 2.40 bits per heavy atom. The molecule has 2 aromatic carbocycles. The molecule has 30 heavy (non-hydrogen) atoms. The minimum atomic E-state index is -0.388. The Morgan fingerprint density at radius 1 is 0.967 bits per heavy atom. The van der Waals surface area contributed by atoms with E-state index in [9.17, 15) is 9.59 Å². The second kappa shape index (κ2) is 9.27. The molecule has 2 amide bonds. The summed E-state index contributed by atoms with van der Waals surface area (Å²) < 4.78 is 5.34. The fourth-order valence-electron chi connectivity index (χ4n) is 3.35. The predicted molar refractivity (Wildman–Crippen MR) is 118 cm³/mol. The second-order valence-electron chi connectivity index (χ2n) is 7.40. The molecule has 0 saturated carbocycles. The zero-order valence-electron chi connectivity index (χ0n) is 17.7. The van der Waals surface area contributed by atoms with Crippen LogP contribution in [0.25, 0.3) is 6.08 Å². The highest BCUT2D eigenvalue weighted by molar-refractivity contribution is 6.05. The molecule has 5 nitrogen and oxygen atoms in total. The monoisotopic (exact) mass is 402 g/mol. The van der Waals surface area contributed by atoms with Crippen LogP contribution in [-0.4, -0.2) is 11.8 Å². The van der Waals surface area contributed by atoms with E-state index < -0.39 is 0 Å². The van der Waals surface area contributed by atoms with E-state index in [4.69, 9.17) is 4.42 Å². The number of hydrogen-bond acceptors (Lipinski definition) is 3. The molecular weight excluding hydrogens is 376 g/mol. The van der Waals surface area contributed by atoms with Gasteiger partial charge in [-0.05, 0) is 62.6 Å². The number of rotatable bonds is 6. The van der Waals surface area contributed by atoms with Crippen molar-refractivity contribution in [2.24, 2.45) is 0 Å². The van der Waals surface area contributed by atoms with E-state index in [0.717, 1.165) is 16.7 Å². The summed E-state index contributed by atoms with van der Waals surface area (Å²) in [5.41, 5.74) is 4.75. The molecular formula is C25H26N2O3. The minimum Gasteiger partial charge on any atom is -0.465 e. The molecule has 2 N–H and O–H groups in total. The summed E-state index contributed by atoms with van der Waals surface area (Å²) in [6, 6.07) is 16.6. The Morgan fingerprint density at radius 2 is 1.73 bits per heavy atom. The Bertz CT molecular complexity index is 1080. The average Bonchev–Trinajstić information content (AvgIpc) is 3.20. The van der Waals surface area contributed by atoms with E-state index >= 15 is 0 Å². The van der Waals surface area contributed by atoms with E-state index in [-0.39, 0.29) is 23.6 Å². The molecule has 0 unspecified atom stereocenters. The van der Waals surface area contributed by atoms with Gasteiger partial charge in [-0.2, -0.15) is 0 Å². The van der Waals surface area contributed by atoms with Gasteiger partial charge in [-0.25, -0.2) is 0 Å². The molecule has 1 atom stereocenters. The number of aryl methyl sites for hydroxylation is 3. The fraction of sp³-hybridized carbons (Fsp3) is 0.200. The molecule has 3 aromatic rings. The summed E-state index contributed by atoms with van der Waals surface area (Å²) in [4.78, 5) is 25.8. The Balaban J connectivity index is 1.84. The van der Waals surface area contributed by atoms with Gasteiger partial charge in [0.25, 0.3) is 11.8 Å². The Kier molecular flexibility index (Phi) is 6.52. The van der Waals surface area contributed by atoms with Crippen LogP contribution in [0.5, 0.6) is 0 Å². The number of amides is 2. The van der Waals surface area contributed by atoms with Gasteiger partial charge in [0.05, 0.1) is 12.3 Å². The first kappa shape index (κ1) is 21.1. The third-order valence-electron chi connectivity index (χ3n) is 4.95. The maximum absolute atomic E-state index is 13.0. The topological polar surface area (TPSA) is 71.3 Å². The first-order valence-corrected chi connectivity index (χ1v) is 9.85.